The lowest BCUT2D eigenvalue weighted by atomic mass is 10.3. The molecule has 0 aliphatic heterocycles. The van der Waals surface area contributed by atoms with Crippen LogP contribution in [-0.2, 0) is 23.8 Å². The summed E-state index contributed by atoms with van der Waals surface area (Å²) in [5.41, 5.74) is -0.0334. The van der Waals surface area contributed by atoms with Crippen LogP contribution >= 0.6 is 12.6 Å². The SMILES string of the molecule is C=CCOC(=O)C(C)(OCC(F)(F)S)OC(=O)C(=C)C. The van der Waals surface area contributed by atoms with E-state index in [-0.39, 0.29) is 12.2 Å². The molecular weight excluding hydrogens is 294 g/mol. The van der Waals surface area contributed by atoms with Gasteiger partial charge in [-0.1, -0.05) is 19.2 Å². The number of rotatable bonds is 8. The molecule has 0 aliphatic carbocycles. The molecular formula is C12H16F2O5S. The molecule has 0 bridgehead atoms. The van der Waals surface area contributed by atoms with Crippen molar-refractivity contribution in [3.8, 4) is 0 Å². The first-order valence-corrected chi connectivity index (χ1v) is 5.87. The highest BCUT2D eigenvalue weighted by molar-refractivity contribution is 7.81. The maximum absolute atomic E-state index is 12.7. The van der Waals surface area contributed by atoms with Gasteiger partial charge in [0.15, 0.2) is 0 Å². The number of ether oxygens (including phenoxy) is 3. The second kappa shape index (κ2) is 7.39. The molecule has 1 unspecified atom stereocenters. The predicted octanol–water partition coefficient (Wildman–Crippen LogP) is 2.09. The van der Waals surface area contributed by atoms with Gasteiger partial charge in [0.25, 0.3) is 0 Å². The van der Waals surface area contributed by atoms with Crippen LogP contribution in [0, 0.1) is 0 Å². The van der Waals surface area contributed by atoms with E-state index in [9.17, 15) is 18.4 Å². The zero-order valence-electron chi connectivity index (χ0n) is 11.2. The van der Waals surface area contributed by atoms with Crippen molar-refractivity contribution in [3.63, 3.8) is 0 Å². The first-order chi connectivity index (χ1) is 9.02. The zero-order valence-corrected chi connectivity index (χ0v) is 12.0. The molecule has 0 aliphatic rings. The fourth-order valence-electron chi connectivity index (χ4n) is 0.884. The number of esters is 2. The van der Waals surface area contributed by atoms with Gasteiger partial charge in [0.2, 0.25) is 0 Å². The van der Waals surface area contributed by atoms with Crippen LogP contribution in [0.3, 0.4) is 0 Å². The van der Waals surface area contributed by atoms with Gasteiger partial charge in [-0.05, 0) is 6.92 Å². The summed E-state index contributed by atoms with van der Waals surface area (Å²) in [5, 5.41) is -3.50. The second-order valence-electron chi connectivity index (χ2n) is 3.96. The normalized spacial score (nSPS) is 14.1. The fourth-order valence-corrected chi connectivity index (χ4v) is 0.949. The van der Waals surface area contributed by atoms with Crippen molar-refractivity contribution < 1.29 is 32.6 Å². The van der Waals surface area contributed by atoms with Crippen LogP contribution in [0.4, 0.5) is 8.78 Å². The Morgan fingerprint density at radius 1 is 1.40 bits per heavy atom. The summed E-state index contributed by atoms with van der Waals surface area (Å²) in [5.74, 6) is -4.46. The molecule has 114 valence electrons. The molecule has 0 rings (SSSR count). The summed E-state index contributed by atoms with van der Waals surface area (Å²) in [6, 6.07) is 0. The molecule has 0 N–H and O–H groups in total. The summed E-state index contributed by atoms with van der Waals surface area (Å²) >= 11 is 2.95. The lowest BCUT2D eigenvalue weighted by molar-refractivity contribution is -0.243. The average molecular weight is 310 g/mol. The van der Waals surface area contributed by atoms with Gasteiger partial charge >= 0.3 is 23.0 Å². The number of hydrogen-bond donors (Lipinski definition) is 1. The number of thiol groups is 1. The van der Waals surface area contributed by atoms with Crippen molar-refractivity contribution in [3.05, 3.63) is 24.8 Å². The molecule has 0 amide bonds. The Labute approximate surface area is 121 Å². The van der Waals surface area contributed by atoms with Crippen LogP contribution < -0.4 is 0 Å². The molecule has 0 fully saturated rings. The Kier molecular flexibility index (Phi) is 6.87. The van der Waals surface area contributed by atoms with Crippen molar-refractivity contribution >= 4 is 24.6 Å². The fraction of sp³-hybridized carbons (Fsp3) is 0.500. The topological polar surface area (TPSA) is 61.8 Å². The molecule has 0 heterocycles. The minimum Gasteiger partial charge on any atom is -0.457 e. The van der Waals surface area contributed by atoms with Gasteiger partial charge in [-0.25, -0.2) is 9.59 Å². The van der Waals surface area contributed by atoms with Crippen molar-refractivity contribution in [2.75, 3.05) is 13.2 Å². The summed E-state index contributed by atoms with van der Waals surface area (Å²) in [6.45, 7) is 7.49. The molecule has 1 atom stereocenters. The summed E-state index contributed by atoms with van der Waals surface area (Å²) < 4.78 is 39.4. The second-order valence-corrected chi connectivity index (χ2v) is 4.61. The Balaban J connectivity index is 5.00. The van der Waals surface area contributed by atoms with Crippen molar-refractivity contribution in [2.45, 2.75) is 24.9 Å². The summed E-state index contributed by atoms with van der Waals surface area (Å²) in [4.78, 5) is 23.2. The number of halogens is 2. The number of alkyl halides is 2. The van der Waals surface area contributed by atoms with Crippen molar-refractivity contribution in [1.29, 1.82) is 0 Å². The standard InChI is InChI=1S/C12H16F2O5S/c1-5-6-17-10(16)11(4,18-7-12(13,14)20)19-9(15)8(2)3/h5,20H,1-2,6-7H2,3-4H3. The van der Waals surface area contributed by atoms with Crippen LogP contribution in [0.25, 0.3) is 0 Å². The van der Waals surface area contributed by atoms with E-state index in [1.165, 1.54) is 13.0 Å². The van der Waals surface area contributed by atoms with E-state index in [1.54, 1.807) is 0 Å². The first-order valence-electron chi connectivity index (χ1n) is 5.43. The van der Waals surface area contributed by atoms with Crippen LogP contribution in [0.5, 0.6) is 0 Å². The lowest BCUT2D eigenvalue weighted by Crippen LogP contribution is -2.46. The highest BCUT2D eigenvalue weighted by Gasteiger charge is 2.43. The van der Waals surface area contributed by atoms with Gasteiger partial charge in [-0.2, -0.15) is 8.78 Å². The third-order valence-electron chi connectivity index (χ3n) is 1.86. The third kappa shape index (κ3) is 6.67. The highest BCUT2D eigenvalue weighted by atomic mass is 32.1. The molecule has 0 saturated carbocycles. The van der Waals surface area contributed by atoms with Crippen LogP contribution in [-0.4, -0.2) is 36.2 Å². The minimum absolute atomic E-state index is 0.0334. The van der Waals surface area contributed by atoms with Gasteiger partial charge in [0, 0.05) is 12.5 Å². The van der Waals surface area contributed by atoms with Crippen LogP contribution in [0.1, 0.15) is 13.8 Å². The largest absolute Gasteiger partial charge is 0.457 e. The van der Waals surface area contributed by atoms with Gasteiger partial charge < -0.3 is 14.2 Å². The molecule has 0 spiro atoms. The van der Waals surface area contributed by atoms with Gasteiger partial charge in [0.1, 0.15) is 13.2 Å². The average Bonchev–Trinajstić information content (AvgIpc) is 2.32. The van der Waals surface area contributed by atoms with Gasteiger partial charge in [0.05, 0.1) is 0 Å². The Bertz CT molecular complexity index is 405. The van der Waals surface area contributed by atoms with Gasteiger partial charge in [-0.3, -0.25) is 0 Å². The van der Waals surface area contributed by atoms with Crippen LogP contribution in [0.2, 0.25) is 0 Å². The summed E-state index contributed by atoms with van der Waals surface area (Å²) in [6.07, 6.45) is 1.26. The number of carbonyl (C=O) groups excluding carboxylic acids is 2. The molecule has 8 heteroatoms. The van der Waals surface area contributed by atoms with E-state index in [0.29, 0.717) is 0 Å². The molecule has 0 aromatic carbocycles. The Morgan fingerprint density at radius 2 is 1.95 bits per heavy atom. The van der Waals surface area contributed by atoms with E-state index >= 15 is 0 Å². The molecule has 20 heavy (non-hydrogen) atoms. The molecule has 0 aromatic heterocycles. The van der Waals surface area contributed by atoms with Gasteiger partial charge in [-0.15, -0.1) is 12.6 Å². The van der Waals surface area contributed by atoms with E-state index in [1.807, 2.05) is 0 Å². The highest BCUT2D eigenvalue weighted by Crippen LogP contribution is 2.24. The summed E-state index contributed by atoms with van der Waals surface area (Å²) in [7, 11) is 0. The quantitative estimate of drug-likeness (QED) is 0.244. The number of carbonyl (C=O) groups is 2. The zero-order chi connectivity index (χ0) is 16.0. The smallest absolute Gasteiger partial charge is 0.379 e. The van der Waals surface area contributed by atoms with Crippen molar-refractivity contribution in [2.24, 2.45) is 0 Å². The van der Waals surface area contributed by atoms with Crippen LogP contribution in [0.15, 0.2) is 24.8 Å². The van der Waals surface area contributed by atoms with Crippen molar-refractivity contribution in [1.82, 2.24) is 0 Å². The van der Waals surface area contributed by atoms with E-state index in [0.717, 1.165) is 6.92 Å². The maximum Gasteiger partial charge on any atom is 0.379 e. The van der Waals surface area contributed by atoms with E-state index in [4.69, 9.17) is 4.74 Å². The first kappa shape index (κ1) is 18.6. The van der Waals surface area contributed by atoms with E-state index in [2.05, 4.69) is 35.3 Å². The molecule has 0 saturated heterocycles. The Hall–Kier alpha value is -1.41. The third-order valence-corrected chi connectivity index (χ3v) is 1.99. The predicted molar refractivity (Wildman–Crippen MR) is 70.4 cm³/mol. The molecule has 0 radical (unpaired) electrons. The minimum atomic E-state index is -3.50. The Morgan fingerprint density at radius 3 is 2.35 bits per heavy atom. The molecule has 0 aromatic rings. The molecule has 5 nitrogen and oxygen atoms in total. The lowest BCUT2D eigenvalue weighted by Gasteiger charge is -2.28. The number of hydrogen-bond acceptors (Lipinski definition) is 6. The monoisotopic (exact) mass is 310 g/mol. The maximum atomic E-state index is 12.7. The van der Waals surface area contributed by atoms with E-state index < -0.39 is 29.6 Å².